The number of halogens is 3. The first-order valence-electron chi connectivity index (χ1n) is 5.02. The Kier molecular flexibility index (Phi) is 4.89. The molecule has 0 amide bonds. The van der Waals surface area contributed by atoms with Crippen molar-refractivity contribution in [3.8, 4) is 5.75 Å². The third-order valence-corrected chi connectivity index (χ3v) is 2.99. The van der Waals surface area contributed by atoms with Crippen molar-refractivity contribution < 1.29 is 17.9 Å². The van der Waals surface area contributed by atoms with E-state index >= 15 is 0 Å². The average molecular weight is 278 g/mol. The molecule has 7 heteroatoms. The van der Waals surface area contributed by atoms with Gasteiger partial charge in [0.15, 0.2) is 0 Å². The molecule has 0 saturated heterocycles. The van der Waals surface area contributed by atoms with E-state index in [-0.39, 0.29) is 0 Å². The number of hydrogen-bond donors (Lipinski definition) is 2. The molecule has 1 rings (SSSR count). The molecule has 0 bridgehead atoms. The molecule has 0 saturated carbocycles. The van der Waals surface area contributed by atoms with Gasteiger partial charge in [-0.25, -0.2) is 0 Å². The lowest BCUT2D eigenvalue weighted by molar-refractivity contribution is -0.162. The third kappa shape index (κ3) is 4.14. The van der Waals surface area contributed by atoms with Crippen LogP contribution in [0.5, 0.6) is 5.75 Å². The van der Waals surface area contributed by atoms with Gasteiger partial charge in [0.25, 0.3) is 0 Å². The number of nitrogens with one attached hydrogen (secondary N) is 1. The number of rotatable bonds is 5. The Morgan fingerprint density at radius 2 is 1.94 bits per heavy atom. The molecule has 1 unspecified atom stereocenters. The Morgan fingerprint density at radius 1 is 1.39 bits per heavy atom. The summed E-state index contributed by atoms with van der Waals surface area (Å²) < 4.78 is 42.5. The maximum Gasteiger partial charge on any atom is 0.401 e. The Balaban J connectivity index is 2.64. The molecule has 100 valence electrons. The van der Waals surface area contributed by atoms with Crippen LogP contribution in [-0.2, 0) is 0 Å². The SMILES string of the molecule is CSc1ccc(OCC(C(=N)N)C(F)(F)F)cc1. The Bertz CT molecular complexity index is 406. The molecule has 0 aliphatic rings. The van der Waals surface area contributed by atoms with Gasteiger partial charge in [-0.3, -0.25) is 5.41 Å². The molecule has 0 aliphatic heterocycles. The molecule has 1 aromatic carbocycles. The van der Waals surface area contributed by atoms with E-state index in [0.717, 1.165) is 4.90 Å². The predicted octanol–water partition coefficient (Wildman–Crippen LogP) is 2.90. The Labute approximate surface area is 107 Å². The second-order valence-corrected chi connectivity index (χ2v) is 4.42. The summed E-state index contributed by atoms with van der Waals surface area (Å²) >= 11 is 1.52. The minimum absolute atomic E-state index is 0.323. The molecule has 0 aliphatic carbocycles. The highest BCUT2D eigenvalue weighted by atomic mass is 32.2. The lowest BCUT2D eigenvalue weighted by Gasteiger charge is -2.19. The Hall–Kier alpha value is -1.37. The van der Waals surface area contributed by atoms with E-state index in [4.69, 9.17) is 15.9 Å². The van der Waals surface area contributed by atoms with Crippen LogP contribution in [-0.4, -0.2) is 24.9 Å². The topological polar surface area (TPSA) is 59.1 Å². The van der Waals surface area contributed by atoms with Crippen molar-refractivity contribution in [3.63, 3.8) is 0 Å². The van der Waals surface area contributed by atoms with Gasteiger partial charge in [0, 0.05) is 4.90 Å². The smallest absolute Gasteiger partial charge is 0.401 e. The van der Waals surface area contributed by atoms with Crippen LogP contribution in [0.15, 0.2) is 29.2 Å². The van der Waals surface area contributed by atoms with Gasteiger partial charge in [-0.05, 0) is 30.5 Å². The van der Waals surface area contributed by atoms with Crippen molar-refractivity contribution in [1.29, 1.82) is 5.41 Å². The summed E-state index contributed by atoms with van der Waals surface area (Å²) in [6.07, 6.45) is -2.67. The van der Waals surface area contributed by atoms with E-state index in [2.05, 4.69) is 0 Å². The number of alkyl halides is 3. The number of amidine groups is 1. The molecule has 0 fully saturated rings. The van der Waals surface area contributed by atoms with Crippen molar-refractivity contribution >= 4 is 17.6 Å². The first kappa shape index (κ1) is 14.7. The number of hydrogen-bond acceptors (Lipinski definition) is 3. The normalized spacial score (nSPS) is 13.1. The molecular formula is C11H13F3N2OS. The van der Waals surface area contributed by atoms with Crippen molar-refractivity contribution in [2.75, 3.05) is 12.9 Å². The molecule has 18 heavy (non-hydrogen) atoms. The van der Waals surface area contributed by atoms with Crippen LogP contribution in [0.25, 0.3) is 0 Å². The highest BCUT2D eigenvalue weighted by molar-refractivity contribution is 7.98. The van der Waals surface area contributed by atoms with Crippen LogP contribution in [0.1, 0.15) is 0 Å². The summed E-state index contributed by atoms with van der Waals surface area (Å²) in [7, 11) is 0. The summed E-state index contributed by atoms with van der Waals surface area (Å²) in [5.41, 5.74) is 4.91. The molecule has 0 spiro atoms. The summed E-state index contributed by atoms with van der Waals surface area (Å²) in [4.78, 5) is 0.987. The van der Waals surface area contributed by atoms with E-state index in [1.54, 1.807) is 24.3 Å². The lowest BCUT2D eigenvalue weighted by atomic mass is 10.1. The summed E-state index contributed by atoms with van der Waals surface area (Å²) in [6.45, 7) is -0.683. The highest BCUT2D eigenvalue weighted by Crippen LogP contribution is 2.27. The van der Waals surface area contributed by atoms with Crippen LogP contribution < -0.4 is 10.5 Å². The summed E-state index contributed by atoms with van der Waals surface area (Å²) in [5, 5.41) is 6.91. The number of ether oxygens (including phenoxy) is 1. The van der Waals surface area contributed by atoms with Crippen molar-refractivity contribution in [1.82, 2.24) is 0 Å². The van der Waals surface area contributed by atoms with Gasteiger partial charge in [-0.1, -0.05) is 0 Å². The average Bonchev–Trinajstić information content (AvgIpc) is 2.28. The maximum atomic E-state index is 12.5. The van der Waals surface area contributed by atoms with E-state index in [9.17, 15) is 13.2 Å². The monoisotopic (exact) mass is 278 g/mol. The molecule has 3 nitrogen and oxygen atoms in total. The summed E-state index contributed by atoms with van der Waals surface area (Å²) in [6, 6.07) is 6.66. The fourth-order valence-corrected chi connectivity index (χ4v) is 1.62. The minimum atomic E-state index is -4.56. The highest BCUT2D eigenvalue weighted by Gasteiger charge is 2.42. The van der Waals surface area contributed by atoms with Crippen molar-refractivity contribution in [3.05, 3.63) is 24.3 Å². The molecule has 0 radical (unpaired) electrons. The van der Waals surface area contributed by atoms with Crippen LogP contribution in [0.4, 0.5) is 13.2 Å². The summed E-state index contributed by atoms with van der Waals surface area (Å²) in [5.74, 6) is -2.69. The van der Waals surface area contributed by atoms with Gasteiger partial charge in [0.05, 0.1) is 0 Å². The fourth-order valence-electron chi connectivity index (χ4n) is 1.21. The largest absolute Gasteiger partial charge is 0.492 e. The van der Waals surface area contributed by atoms with Gasteiger partial charge in [0.2, 0.25) is 0 Å². The van der Waals surface area contributed by atoms with Gasteiger partial charge in [-0.15, -0.1) is 11.8 Å². The number of nitrogens with two attached hydrogens (primary N) is 1. The van der Waals surface area contributed by atoms with Crippen molar-refractivity contribution in [2.24, 2.45) is 11.7 Å². The molecule has 0 aromatic heterocycles. The third-order valence-electron chi connectivity index (χ3n) is 2.25. The Morgan fingerprint density at radius 3 is 2.33 bits per heavy atom. The minimum Gasteiger partial charge on any atom is -0.492 e. The zero-order valence-corrected chi connectivity index (χ0v) is 10.4. The fraction of sp³-hybridized carbons (Fsp3) is 0.364. The molecule has 3 N–H and O–H groups in total. The van der Waals surface area contributed by atoms with Crippen LogP contribution in [0, 0.1) is 11.3 Å². The quantitative estimate of drug-likeness (QED) is 0.494. The van der Waals surface area contributed by atoms with Gasteiger partial charge in [0.1, 0.15) is 24.1 Å². The zero-order chi connectivity index (χ0) is 13.8. The molecule has 1 atom stereocenters. The van der Waals surface area contributed by atoms with Crippen molar-refractivity contribution in [2.45, 2.75) is 11.1 Å². The van der Waals surface area contributed by atoms with Gasteiger partial charge < -0.3 is 10.5 Å². The standard InChI is InChI=1S/C11H13F3N2OS/c1-18-8-4-2-7(3-5-8)17-6-9(10(15)16)11(12,13)14/h2-5,9H,6H2,1H3,(H3,15,16). The first-order valence-corrected chi connectivity index (χ1v) is 6.24. The van der Waals surface area contributed by atoms with Crippen LogP contribution in [0.3, 0.4) is 0 Å². The van der Waals surface area contributed by atoms with Gasteiger partial charge in [-0.2, -0.15) is 13.2 Å². The number of thioether (sulfide) groups is 1. The molecular weight excluding hydrogens is 265 g/mol. The molecule has 0 heterocycles. The van der Waals surface area contributed by atoms with E-state index in [1.165, 1.54) is 11.8 Å². The van der Waals surface area contributed by atoms with E-state index in [1.807, 2.05) is 6.26 Å². The first-order chi connectivity index (χ1) is 8.34. The number of benzene rings is 1. The van der Waals surface area contributed by atoms with E-state index < -0.39 is 24.5 Å². The van der Waals surface area contributed by atoms with Crippen LogP contribution in [0.2, 0.25) is 0 Å². The van der Waals surface area contributed by atoms with Crippen LogP contribution >= 0.6 is 11.8 Å². The molecule has 1 aromatic rings. The van der Waals surface area contributed by atoms with Gasteiger partial charge >= 0.3 is 6.18 Å². The predicted molar refractivity (Wildman–Crippen MR) is 65.2 cm³/mol. The zero-order valence-electron chi connectivity index (χ0n) is 9.62. The second-order valence-electron chi connectivity index (χ2n) is 3.54. The lowest BCUT2D eigenvalue weighted by Crippen LogP contribution is -2.39. The maximum absolute atomic E-state index is 12.5. The second kappa shape index (κ2) is 5.99. The van der Waals surface area contributed by atoms with E-state index in [0.29, 0.717) is 5.75 Å².